The zero-order valence-electron chi connectivity index (χ0n) is 13.3. The standard InChI is InChI=1S/C15H28N2O3/c1-5-20-14(19)8-6-7-13(18)16-9-11-17(12-10-16)15(2,3)4/h5-12H2,1-4H3. The lowest BCUT2D eigenvalue weighted by molar-refractivity contribution is -0.143. The Balaban J connectivity index is 2.24. The normalized spacial score (nSPS) is 17.1. The first-order valence-corrected chi connectivity index (χ1v) is 7.53. The Morgan fingerprint density at radius 1 is 1.05 bits per heavy atom. The highest BCUT2D eigenvalue weighted by atomic mass is 16.5. The molecule has 116 valence electrons. The van der Waals surface area contributed by atoms with Gasteiger partial charge in [0.1, 0.15) is 0 Å². The minimum atomic E-state index is -0.210. The monoisotopic (exact) mass is 284 g/mol. The van der Waals surface area contributed by atoms with Gasteiger partial charge in [-0.15, -0.1) is 0 Å². The van der Waals surface area contributed by atoms with Crippen molar-refractivity contribution in [1.82, 2.24) is 9.80 Å². The van der Waals surface area contributed by atoms with E-state index in [-0.39, 0.29) is 17.4 Å². The van der Waals surface area contributed by atoms with Gasteiger partial charge in [-0.1, -0.05) is 0 Å². The zero-order valence-corrected chi connectivity index (χ0v) is 13.3. The number of amides is 1. The van der Waals surface area contributed by atoms with Crippen molar-refractivity contribution in [3.05, 3.63) is 0 Å². The SMILES string of the molecule is CCOC(=O)CCCC(=O)N1CCN(C(C)(C)C)CC1. The first kappa shape index (κ1) is 17.0. The quantitative estimate of drug-likeness (QED) is 0.721. The summed E-state index contributed by atoms with van der Waals surface area (Å²) in [5, 5.41) is 0. The van der Waals surface area contributed by atoms with E-state index in [1.54, 1.807) is 6.92 Å². The van der Waals surface area contributed by atoms with E-state index in [1.165, 1.54) is 0 Å². The number of nitrogens with zero attached hydrogens (tertiary/aromatic N) is 2. The first-order chi connectivity index (χ1) is 9.34. The third kappa shape index (κ3) is 5.49. The molecule has 0 aromatic carbocycles. The molecule has 20 heavy (non-hydrogen) atoms. The lowest BCUT2D eigenvalue weighted by Gasteiger charge is -2.42. The predicted molar refractivity (Wildman–Crippen MR) is 78.4 cm³/mol. The minimum absolute atomic E-state index is 0.155. The summed E-state index contributed by atoms with van der Waals surface area (Å²) >= 11 is 0. The molecule has 0 aliphatic carbocycles. The van der Waals surface area contributed by atoms with E-state index in [9.17, 15) is 9.59 Å². The summed E-state index contributed by atoms with van der Waals surface area (Å²) in [7, 11) is 0. The molecular formula is C15H28N2O3. The Labute approximate surface area is 122 Å². The molecule has 5 nitrogen and oxygen atoms in total. The molecule has 0 radical (unpaired) electrons. The van der Waals surface area contributed by atoms with Crippen LogP contribution < -0.4 is 0 Å². The Kier molecular flexibility index (Phi) is 6.46. The maximum absolute atomic E-state index is 12.0. The van der Waals surface area contributed by atoms with E-state index < -0.39 is 0 Å². The summed E-state index contributed by atoms with van der Waals surface area (Å²) in [6.07, 6.45) is 1.35. The van der Waals surface area contributed by atoms with Crippen molar-refractivity contribution in [1.29, 1.82) is 0 Å². The molecule has 0 atom stereocenters. The van der Waals surface area contributed by atoms with Gasteiger partial charge in [-0.25, -0.2) is 0 Å². The summed E-state index contributed by atoms with van der Waals surface area (Å²) in [5.74, 6) is -0.0549. The molecule has 0 bridgehead atoms. The fraction of sp³-hybridized carbons (Fsp3) is 0.867. The smallest absolute Gasteiger partial charge is 0.305 e. The van der Waals surface area contributed by atoms with Crippen molar-refractivity contribution in [2.75, 3.05) is 32.8 Å². The second-order valence-electron chi connectivity index (χ2n) is 6.20. The number of piperazine rings is 1. The van der Waals surface area contributed by atoms with E-state index in [1.807, 2.05) is 4.90 Å². The van der Waals surface area contributed by atoms with Crippen molar-refractivity contribution in [2.24, 2.45) is 0 Å². The first-order valence-electron chi connectivity index (χ1n) is 7.53. The van der Waals surface area contributed by atoms with Crippen LogP contribution in [0.4, 0.5) is 0 Å². The molecule has 1 amide bonds. The van der Waals surface area contributed by atoms with Gasteiger partial charge in [0.15, 0.2) is 0 Å². The van der Waals surface area contributed by atoms with E-state index in [2.05, 4.69) is 25.7 Å². The molecule has 1 heterocycles. The summed E-state index contributed by atoms with van der Waals surface area (Å²) in [6.45, 7) is 12.2. The number of hydrogen-bond acceptors (Lipinski definition) is 4. The van der Waals surface area contributed by atoms with Crippen LogP contribution in [-0.4, -0.2) is 60.0 Å². The maximum atomic E-state index is 12.0. The van der Waals surface area contributed by atoms with Crippen LogP contribution in [-0.2, 0) is 14.3 Å². The van der Waals surface area contributed by atoms with Gasteiger partial charge in [-0.3, -0.25) is 14.5 Å². The molecule has 1 aliphatic rings. The Morgan fingerprint density at radius 2 is 1.65 bits per heavy atom. The largest absolute Gasteiger partial charge is 0.466 e. The van der Waals surface area contributed by atoms with Crippen LogP contribution in [0.25, 0.3) is 0 Å². The van der Waals surface area contributed by atoms with Gasteiger partial charge in [0.25, 0.3) is 0 Å². The second-order valence-corrected chi connectivity index (χ2v) is 6.20. The minimum Gasteiger partial charge on any atom is -0.466 e. The van der Waals surface area contributed by atoms with E-state index in [4.69, 9.17) is 4.74 Å². The highest BCUT2D eigenvalue weighted by Gasteiger charge is 2.27. The van der Waals surface area contributed by atoms with Gasteiger partial charge in [-0.05, 0) is 34.1 Å². The van der Waals surface area contributed by atoms with E-state index in [0.717, 1.165) is 26.2 Å². The van der Waals surface area contributed by atoms with Crippen LogP contribution in [0.1, 0.15) is 47.0 Å². The summed E-state index contributed by atoms with van der Waals surface area (Å²) in [5.41, 5.74) is 0.166. The molecule has 0 spiro atoms. The number of carbonyl (C=O) groups excluding carboxylic acids is 2. The van der Waals surface area contributed by atoms with E-state index in [0.29, 0.717) is 25.9 Å². The number of esters is 1. The van der Waals surface area contributed by atoms with Gasteiger partial charge >= 0.3 is 5.97 Å². The molecule has 1 fully saturated rings. The lowest BCUT2D eigenvalue weighted by atomic mass is 10.0. The second kappa shape index (κ2) is 7.62. The number of carbonyl (C=O) groups is 2. The van der Waals surface area contributed by atoms with Gasteiger partial charge in [0.2, 0.25) is 5.91 Å². The molecule has 5 heteroatoms. The van der Waals surface area contributed by atoms with Crippen molar-refractivity contribution in [3.63, 3.8) is 0 Å². The summed E-state index contributed by atoms with van der Waals surface area (Å²) < 4.78 is 4.85. The molecular weight excluding hydrogens is 256 g/mol. The summed E-state index contributed by atoms with van der Waals surface area (Å²) in [6, 6.07) is 0. The fourth-order valence-electron chi connectivity index (χ4n) is 2.40. The molecule has 0 saturated carbocycles. The Bertz CT molecular complexity index is 329. The third-order valence-electron chi connectivity index (χ3n) is 3.66. The Morgan fingerprint density at radius 3 is 2.15 bits per heavy atom. The van der Waals surface area contributed by atoms with Crippen molar-refractivity contribution in [3.8, 4) is 0 Å². The van der Waals surface area contributed by atoms with Crippen LogP contribution >= 0.6 is 0 Å². The van der Waals surface area contributed by atoms with Crippen molar-refractivity contribution in [2.45, 2.75) is 52.5 Å². The van der Waals surface area contributed by atoms with Crippen LogP contribution in [0.15, 0.2) is 0 Å². The molecule has 0 aromatic rings. The highest BCUT2D eigenvalue weighted by molar-refractivity contribution is 5.77. The zero-order chi connectivity index (χ0) is 15.2. The average Bonchev–Trinajstić information content (AvgIpc) is 2.38. The third-order valence-corrected chi connectivity index (χ3v) is 3.66. The predicted octanol–water partition coefficient (Wildman–Crippen LogP) is 1.66. The fourth-order valence-corrected chi connectivity index (χ4v) is 2.40. The molecule has 0 aromatic heterocycles. The lowest BCUT2D eigenvalue weighted by Crippen LogP contribution is -2.54. The molecule has 1 aliphatic heterocycles. The molecule has 1 saturated heterocycles. The average molecular weight is 284 g/mol. The summed E-state index contributed by atoms with van der Waals surface area (Å²) in [4.78, 5) is 27.6. The van der Waals surface area contributed by atoms with Crippen molar-refractivity contribution < 1.29 is 14.3 Å². The molecule has 0 unspecified atom stereocenters. The number of rotatable bonds is 5. The van der Waals surface area contributed by atoms with Gasteiger partial charge in [0.05, 0.1) is 6.61 Å². The van der Waals surface area contributed by atoms with E-state index >= 15 is 0 Å². The van der Waals surface area contributed by atoms with Crippen LogP contribution in [0.2, 0.25) is 0 Å². The maximum Gasteiger partial charge on any atom is 0.305 e. The molecule has 0 N–H and O–H groups in total. The van der Waals surface area contributed by atoms with Gasteiger partial charge < -0.3 is 9.64 Å². The van der Waals surface area contributed by atoms with Crippen molar-refractivity contribution >= 4 is 11.9 Å². The molecule has 1 rings (SSSR count). The van der Waals surface area contributed by atoms with Crippen LogP contribution in [0.5, 0.6) is 0 Å². The Hall–Kier alpha value is -1.10. The number of hydrogen-bond donors (Lipinski definition) is 0. The highest BCUT2D eigenvalue weighted by Crippen LogP contribution is 2.16. The van der Waals surface area contributed by atoms with Gasteiger partial charge in [-0.2, -0.15) is 0 Å². The topological polar surface area (TPSA) is 49.9 Å². The van der Waals surface area contributed by atoms with Crippen LogP contribution in [0, 0.1) is 0 Å². The van der Waals surface area contributed by atoms with Crippen LogP contribution in [0.3, 0.4) is 0 Å². The van der Waals surface area contributed by atoms with Gasteiger partial charge in [0, 0.05) is 44.6 Å². The number of ether oxygens (including phenoxy) is 1.